The minimum atomic E-state index is -3.87. The molecule has 0 saturated carbocycles. The fourth-order valence-corrected chi connectivity index (χ4v) is 7.97. The monoisotopic (exact) mass is 480 g/mol. The third kappa shape index (κ3) is 4.97. The Morgan fingerprint density at radius 3 is 2.48 bits per heavy atom. The summed E-state index contributed by atoms with van der Waals surface area (Å²) in [6, 6.07) is 13.0. The minimum Gasteiger partial charge on any atom is -0.307 e. The zero-order valence-corrected chi connectivity index (χ0v) is 19.5. The minimum absolute atomic E-state index is 0.00814. The van der Waals surface area contributed by atoms with Crippen LogP contribution in [0.25, 0.3) is 0 Å². The third-order valence-corrected chi connectivity index (χ3v) is 10.00. The lowest BCUT2D eigenvalue weighted by atomic mass is 10.1. The molecule has 0 aliphatic carbocycles. The van der Waals surface area contributed by atoms with Gasteiger partial charge in [0, 0.05) is 28.3 Å². The van der Waals surface area contributed by atoms with Crippen molar-refractivity contribution in [2.75, 3.05) is 23.0 Å². The van der Waals surface area contributed by atoms with E-state index in [1.807, 2.05) is 24.3 Å². The van der Waals surface area contributed by atoms with Crippen molar-refractivity contribution in [2.45, 2.75) is 40.8 Å². The summed E-state index contributed by atoms with van der Waals surface area (Å²) in [5, 5.41) is 0.386. The summed E-state index contributed by atoms with van der Waals surface area (Å²) in [5.74, 6) is -0.379. The summed E-state index contributed by atoms with van der Waals surface area (Å²) < 4.78 is 50.9. The average Bonchev–Trinajstić information content (AvgIpc) is 2.96. The van der Waals surface area contributed by atoms with Gasteiger partial charge in [0.1, 0.15) is 0 Å². The molecule has 0 aromatic heterocycles. The maximum absolute atomic E-state index is 13.2. The summed E-state index contributed by atoms with van der Waals surface area (Å²) >= 11 is 1.75. The van der Waals surface area contributed by atoms with Crippen LogP contribution in [0.1, 0.15) is 30.1 Å². The Bertz CT molecular complexity index is 1190. The molecule has 2 aromatic rings. The van der Waals surface area contributed by atoms with Gasteiger partial charge < -0.3 is 4.90 Å². The van der Waals surface area contributed by atoms with Crippen LogP contribution in [0.2, 0.25) is 0 Å². The lowest BCUT2D eigenvalue weighted by molar-refractivity contribution is 0.0986. The molecule has 31 heavy (non-hydrogen) atoms. The third-order valence-electron chi connectivity index (χ3n) is 5.45. The maximum atomic E-state index is 13.2. The van der Waals surface area contributed by atoms with Crippen LogP contribution in [-0.2, 0) is 19.9 Å². The van der Waals surface area contributed by atoms with E-state index in [0.717, 1.165) is 17.0 Å². The van der Waals surface area contributed by atoms with Gasteiger partial charge in [0.25, 0.3) is 5.91 Å². The van der Waals surface area contributed by atoms with Crippen LogP contribution in [-0.4, -0.2) is 52.1 Å². The molecule has 0 spiro atoms. The van der Waals surface area contributed by atoms with Gasteiger partial charge in [-0.3, -0.25) is 4.79 Å². The molecule has 7 nitrogen and oxygen atoms in total. The average molecular weight is 481 g/mol. The maximum Gasteiger partial charge on any atom is 0.258 e. The van der Waals surface area contributed by atoms with Crippen molar-refractivity contribution in [1.29, 1.82) is 0 Å². The molecule has 2 aliphatic rings. The van der Waals surface area contributed by atoms with Crippen molar-refractivity contribution >= 4 is 43.2 Å². The Balaban J connectivity index is 1.54. The summed E-state index contributed by atoms with van der Waals surface area (Å²) in [5.41, 5.74) is 1.26. The Morgan fingerprint density at radius 1 is 1.10 bits per heavy atom. The normalized spacial score (nSPS) is 23.2. The predicted octanol–water partition coefficient (Wildman–Crippen LogP) is 2.68. The quantitative estimate of drug-likeness (QED) is 0.722. The highest BCUT2D eigenvalue weighted by Gasteiger charge is 2.31. The number of benzene rings is 2. The number of rotatable bonds is 4. The number of hydrogen-bond acceptors (Lipinski definition) is 6. The SMILES string of the molecule is C[C@H]1CCN(C(=O)c2ccc(S(=O)(=O)N[C@H]3CCS(=O)(=O)C3)cc2)c2ccccc2S1. The molecule has 4 rings (SSSR count). The summed E-state index contributed by atoms with van der Waals surface area (Å²) in [7, 11) is -7.06. The molecule has 2 aliphatic heterocycles. The number of nitrogens with one attached hydrogen (secondary N) is 1. The van der Waals surface area contributed by atoms with Crippen LogP contribution >= 0.6 is 11.8 Å². The van der Waals surface area contributed by atoms with Gasteiger partial charge in [-0.15, -0.1) is 11.8 Å². The molecular weight excluding hydrogens is 456 g/mol. The topological polar surface area (TPSA) is 101 Å². The Labute approximate surface area is 187 Å². The van der Waals surface area contributed by atoms with Gasteiger partial charge in [-0.05, 0) is 49.2 Å². The van der Waals surface area contributed by atoms with Crippen molar-refractivity contribution in [3.8, 4) is 0 Å². The van der Waals surface area contributed by atoms with Gasteiger partial charge in [-0.2, -0.15) is 0 Å². The van der Waals surface area contributed by atoms with E-state index in [1.165, 1.54) is 24.3 Å². The second-order valence-electron chi connectivity index (χ2n) is 7.89. The molecule has 0 unspecified atom stereocenters. The Morgan fingerprint density at radius 2 is 1.81 bits per heavy atom. The molecular formula is C21H24N2O5S3. The molecule has 2 heterocycles. The molecule has 0 bridgehead atoms. The number of thioether (sulfide) groups is 1. The predicted molar refractivity (Wildman–Crippen MR) is 122 cm³/mol. The number of para-hydroxylation sites is 1. The number of fused-ring (bicyclic) bond motifs is 1. The summed E-state index contributed by atoms with van der Waals surface area (Å²) in [6.45, 7) is 2.72. The molecule has 166 valence electrons. The van der Waals surface area contributed by atoms with Crippen LogP contribution in [0.15, 0.2) is 58.3 Å². The molecule has 1 fully saturated rings. The molecule has 1 N–H and O–H groups in total. The van der Waals surface area contributed by atoms with Crippen molar-refractivity contribution in [1.82, 2.24) is 4.72 Å². The van der Waals surface area contributed by atoms with Gasteiger partial charge >= 0.3 is 0 Å². The van der Waals surface area contributed by atoms with Crippen LogP contribution < -0.4 is 9.62 Å². The molecule has 0 radical (unpaired) electrons. The number of sulfonamides is 1. The first kappa shape index (κ1) is 22.3. The van der Waals surface area contributed by atoms with Gasteiger partial charge in [0.2, 0.25) is 10.0 Å². The largest absolute Gasteiger partial charge is 0.307 e. The second-order valence-corrected chi connectivity index (χ2v) is 13.3. The van der Waals surface area contributed by atoms with E-state index < -0.39 is 25.9 Å². The van der Waals surface area contributed by atoms with Crippen LogP contribution in [0, 0.1) is 0 Å². The first-order valence-corrected chi connectivity index (χ1v) is 14.2. The van der Waals surface area contributed by atoms with E-state index >= 15 is 0 Å². The lowest BCUT2D eigenvalue weighted by Crippen LogP contribution is -2.35. The van der Waals surface area contributed by atoms with Gasteiger partial charge in [-0.25, -0.2) is 21.6 Å². The van der Waals surface area contributed by atoms with Gasteiger partial charge in [-0.1, -0.05) is 19.1 Å². The van der Waals surface area contributed by atoms with E-state index in [0.29, 0.717) is 17.4 Å². The first-order valence-electron chi connectivity index (χ1n) is 10.0. The zero-order chi connectivity index (χ0) is 22.2. The van der Waals surface area contributed by atoms with Crippen molar-refractivity contribution in [2.24, 2.45) is 0 Å². The van der Waals surface area contributed by atoms with Crippen molar-refractivity contribution in [3.05, 3.63) is 54.1 Å². The van der Waals surface area contributed by atoms with Crippen LogP contribution in [0.3, 0.4) is 0 Å². The van der Waals surface area contributed by atoms with Crippen LogP contribution in [0.4, 0.5) is 5.69 Å². The number of hydrogen-bond donors (Lipinski definition) is 1. The number of sulfone groups is 1. The molecule has 1 saturated heterocycles. The van der Waals surface area contributed by atoms with E-state index in [-0.39, 0.29) is 28.7 Å². The van der Waals surface area contributed by atoms with E-state index in [1.54, 1.807) is 16.7 Å². The number of amides is 1. The highest BCUT2D eigenvalue weighted by Crippen LogP contribution is 2.37. The first-order chi connectivity index (χ1) is 14.6. The number of nitrogens with zero attached hydrogens (tertiary/aromatic N) is 1. The molecule has 10 heteroatoms. The second kappa shape index (κ2) is 8.57. The fourth-order valence-electron chi connectivity index (χ4n) is 3.81. The van der Waals surface area contributed by atoms with Crippen molar-refractivity contribution < 1.29 is 21.6 Å². The van der Waals surface area contributed by atoms with Gasteiger partial charge in [0.15, 0.2) is 9.84 Å². The zero-order valence-electron chi connectivity index (χ0n) is 17.0. The Hall–Kier alpha value is -1.88. The highest BCUT2D eigenvalue weighted by molar-refractivity contribution is 8.00. The summed E-state index contributed by atoms with van der Waals surface area (Å²) in [4.78, 5) is 16.0. The van der Waals surface area contributed by atoms with E-state index in [2.05, 4.69) is 11.6 Å². The van der Waals surface area contributed by atoms with Crippen LogP contribution in [0.5, 0.6) is 0 Å². The smallest absolute Gasteiger partial charge is 0.258 e. The lowest BCUT2D eigenvalue weighted by Gasteiger charge is -2.22. The number of carbonyl (C=O) groups is 1. The number of anilines is 1. The van der Waals surface area contributed by atoms with E-state index in [9.17, 15) is 21.6 Å². The Kier molecular flexibility index (Phi) is 6.17. The summed E-state index contributed by atoms with van der Waals surface area (Å²) in [6.07, 6.45) is 1.12. The molecule has 1 amide bonds. The van der Waals surface area contributed by atoms with Gasteiger partial charge in [0.05, 0.1) is 22.1 Å². The fraction of sp³-hybridized carbons (Fsp3) is 0.381. The standard InChI is InChI=1S/C21H24N2O5S3/c1-15-10-12-23(19-4-2-3-5-20(19)29-15)21(24)16-6-8-18(9-7-16)31(27,28)22-17-11-13-30(25,26)14-17/h2-9,15,17,22H,10-14H2,1H3/t15-,17-/m0/s1. The highest BCUT2D eigenvalue weighted by atomic mass is 32.2. The number of carbonyl (C=O) groups excluding carboxylic acids is 1. The molecule has 2 aromatic carbocycles. The van der Waals surface area contributed by atoms with Crippen molar-refractivity contribution in [3.63, 3.8) is 0 Å². The molecule has 2 atom stereocenters. The van der Waals surface area contributed by atoms with E-state index in [4.69, 9.17) is 0 Å².